The molecule has 0 aromatic rings. The average Bonchev–Trinajstić information content (AvgIpc) is 2.16. The summed E-state index contributed by atoms with van der Waals surface area (Å²) in [6.07, 6.45) is 3.64. The first-order valence-corrected chi connectivity index (χ1v) is 4.70. The molecule has 0 aliphatic heterocycles. The van der Waals surface area contributed by atoms with Crippen LogP contribution in [-0.2, 0) is 9.47 Å². The second-order valence-corrected chi connectivity index (χ2v) is 2.92. The van der Waals surface area contributed by atoms with Crippen molar-refractivity contribution in [2.45, 2.75) is 32.1 Å². The predicted molar refractivity (Wildman–Crippen MR) is 54.7 cm³/mol. The highest BCUT2D eigenvalue weighted by atomic mass is 16.7. The normalized spacial score (nSPS) is 13.2. The molecule has 1 unspecified atom stereocenters. The second-order valence-electron chi connectivity index (χ2n) is 2.92. The van der Waals surface area contributed by atoms with Gasteiger partial charge in [-0.25, -0.2) is 0 Å². The van der Waals surface area contributed by atoms with Crippen LogP contribution in [0.2, 0.25) is 0 Å². The summed E-state index contributed by atoms with van der Waals surface area (Å²) in [5, 5.41) is 3.35. The van der Waals surface area contributed by atoms with Gasteiger partial charge < -0.3 is 14.8 Å². The fourth-order valence-electron chi connectivity index (χ4n) is 1.22. The van der Waals surface area contributed by atoms with E-state index in [1.54, 1.807) is 14.2 Å². The Kier molecular flexibility index (Phi) is 7.99. The van der Waals surface area contributed by atoms with Crippen LogP contribution in [0.25, 0.3) is 0 Å². The molecule has 0 radical (unpaired) electrons. The lowest BCUT2D eigenvalue weighted by Crippen LogP contribution is -2.42. The minimum absolute atomic E-state index is 0.190. The Morgan fingerprint density at radius 2 is 2.00 bits per heavy atom. The lowest BCUT2D eigenvalue weighted by molar-refractivity contribution is -0.122. The van der Waals surface area contributed by atoms with Crippen LogP contribution in [0.5, 0.6) is 0 Å². The molecule has 0 aliphatic carbocycles. The predicted octanol–water partition coefficient (Wildman–Crippen LogP) is 1.55. The first-order chi connectivity index (χ1) is 6.29. The highest BCUT2D eigenvalue weighted by molar-refractivity contribution is 4.80. The summed E-state index contributed by atoms with van der Waals surface area (Å²) in [5.74, 6) is 0. The molecule has 0 saturated carbocycles. The first kappa shape index (κ1) is 12.6. The monoisotopic (exact) mass is 187 g/mol. The lowest BCUT2D eigenvalue weighted by Gasteiger charge is -2.24. The van der Waals surface area contributed by atoms with Crippen molar-refractivity contribution in [3.63, 3.8) is 0 Å². The zero-order valence-corrected chi connectivity index (χ0v) is 8.88. The molecular weight excluding hydrogens is 166 g/mol. The van der Waals surface area contributed by atoms with Crippen molar-refractivity contribution >= 4 is 0 Å². The summed E-state index contributed by atoms with van der Waals surface area (Å²) >= 11 is 0. The van der Waals surface area contributed by atoms with Gasteiger partial charge in [-0.2, -0.15) is 0 Å². The summed E-state index contributed by atoms with van der Waals surface area (Å²) < 4.78 is 10.4. The van der Waals surface area contributed by atoms with Crippen molar-refractivity contribution in [2.24, 2.45) is 0 Å². The second kappa shape index (κ2) is 8.23. The van der Waals surface area contributed by atoms with Crippen LogP contribution in [-0.4, -0.2) is 33.1 Å². The van der Waals surface area contributed by atoms with Gasteiger partial charge in [0.15, 0.2) is 6.29 Å². The van der Waals surface area contributed by atoms with Crippen LogP contribution in [0.1, 0.15) is 19.8 Å². The van der Waals surface area contributed by atoms with Crippen molar-refractivity contribution < 1.29 is 9.47 Å². The zero-order valence-electron chi connectivity index (χ0n) is 8.88. The van der Waals surface area contributed by atoms with E-state index in [-0.39, 0.29) is 12.3 Å². The van der Waals surface area contributed by atoms with Crippen molar-refractivity contribution in [1.82, 2.24) is 5.32 Å². The molecule has 0 fully saturated rings. The molecular formula is C10H21NO2. The van der Waals surface area contributed by atoms with Gasteiger partial charge in [0.25, 0.3) is 0 Å². The molecule has 0 rings (SSSR count). The molecule has 78 valence electrons. The van der Waals surface area contributed by atoms with Crippen LogP contribution in [0.3, 0.4) is 0 Å². The fraction of sp³-hybridized carbons (Fsp3) is 0.800. The van der Waals surface area contributed by atoms with Gasteiger partial charge >= 0.3 is 0 Å². The minimum Gasteiger partial charge on any atom is -0.354 e. The van der Waals surface area contributed by atoms with Gasteiger partial charge in [-0.15, -0.1) is 6.58 Å². The van der Waals surface area contributed by atoms with Gasteiger partial charge in [-0.05, 0) is 19.4 Å². The third-order valence-electron chi connectivity index (χ3n) is 1.87. The molecule has 13 heavy (non-hydrogen) atoms. The standard InChI is InChI=1S/C10H21NO2/c1-5-7-9(11-8-6-2)10(12-3)13-4/h5,9-11H,1,6-8H2,2-4H3. The summed E-state index contributed by atoms with van der Waals surface area (Å²) in [6.45, 7) is 6.81. The number of rotatable bonds is 8. The molecule has 0 amide bonds. The maximum absolute atomic E-state index is 5.18. The minimum atomic E-state index is -0.190. The fourth-order valence-corrected chi connectivity index (χ4v) is 1.22. The smallest absolute Gasteiger partial charge is 0.172 e. The van der Waals surface area contributed by atoms with E-state index in [4.69, 9.17) is 9.47 Å². The van der Waals surface area contributed by atoms with Gasteiger partial charge in [-0.1, -0.05) is 13.0 Å². The summed E-state index contributed by atoms with van der Waals surface area (Å²) in [6, 6.07) is 0.201. The zero-order chi connectivity index (χ0) is 10.1. The van der Waals surface area contributed by atoms with Crippen LogP contribution in [0, 0.1) is 0 Å². The summed E-state index contributed by atoms with van der Waals surface area (Å²) in [7, 11) is 3.30. The van der Waals surface area contributed by atoms with E-state index < -0.39 is 0 Å². The quantitative estimate of drug-likeness (QED) is 0.462. The van der Waals surface area contributed by atoms with Crippen LogP contribution in [0.15, 0.2) is 12.7 Å². The van der Waals surface area contributed by atoms with E-state index >= 15 is 0 Å². The summed E-state index contributed by atoms with van der Waals surface area (Å²) in [4.78, 5) is 0. The van der Waals surface area contributed by atoms with E-state index in [2.05, 4.69) is 18.8 Å². The topological polar surface area (TPSA) is 30.5 Å². The van der Waals surface area contributed by atoms with Crippen molar-refractivity contribution in [1.29, 1.82) is 0 Å². The molecule has 0 bridgehead atoms. The van der Waals surface area contributed by atoms with E-state index in [9.17, 15) is 0 Å². The van der Waals surface area contributed by atoms with Gasteiger partial charge in [0, 0.05) is 14.2 Å². The largest absolute Gasteiger partial charge is 0.354 e. The van der Waals surface area contributed by atoms with E-state index in [0.29, 0.717) is 0 Å². The molecule has 1 atom stereocenters. The number of hydrogen-bond donors (Lipinski definition) is 1. The van der Waals surface area contributed by atoms with Crippen LogP contribution < -0.4 is 5.32 Å². The number of ether oxygens (including phenoxy) is 2. The molecule has 0 saturated heterocycles. The van der Waals surface area contributed by atoms with E-state index in [1.165, 1.54) is 0 Å². The molecule has 1 N–H and O–H groups in total. The summed E-state index contributed by atoms with van der Waals surface area (Å²) in [5.41, 5.74) is 0. The molecule has 0 aromatic carbocycles. The molecule has 0 aliphatic rings. The highest BCUT2D eigenvalue weighted by Crippen LogP contribution is 2.04. The third kappa shape index (κ3) is 5.03. The molecule has 3 nitrogen and oxygen atoms in total. The van der Waals surface area contributed by atoms with Gasteiger partial charge in [0.2, 0.25) is 0 Å². The lowest BCUT2D eigenvalue weighted by atomic mass is 10.2. The Morgan fingerprint density at radius 1 is 1.38 bits per heavy atom. The Labute approximate surface area is 81.1 Å². The van der Waals surface area contributed by atoms with Gasteiger partial charge in [-0.3, -0.25) is 0 Å². The van der Waals surface area contributed by atoms with Crippen LogP contribution in [0.4, 0.5) is 0 Å². The van der Waals surface area contributed by atoms with Gasteiger partial charge in [0.1, 0.15) is 0 Å². The Hall–Kier alpha value is -0.380. The Morgan fingerprint density at radius 3 is 2.38 bits per heavy atom. The maximum atomic E-state index is 5.18. The number of hydrogen-bond acceptors (Lipinski definition) is 3. The highest BCUT2D eigenvalue weighted by Gasteiger charge is 2.17. The Balaban J connectivity index is 3.95. The van der Waals surface area contributed by atoms with Gasteiger partial charge in [0.05, 0.1) is 6.04 Å². The first-order valence-electron chi connectivity index (χ1n) is 4.70. The van der Waals surface area contributed by atoms with Crippen molar-refractivity contribution in [3.8, 4) is 0 Å². The average molecular weight is 187 g/mol. The molecule has 0 aromatic heterocycles. The van der Waals surface area contributed by atoms with Crippen molar-refractivity contribution in [3.05, 3.63) is 12.7 Å². The third-order valence-corrected chi connectivity index (χ3v) is 1.87. The van der Waals surface area contributed by atoms with E-state index in [0.717, 1.165) is 19.4 Å². The Bertz CT molecular complexity index is 124. The maximum Gasteiger partial charge on any atom is 0.172 e. The number of methoxy groups -OCH3 is 2. The van der Waals surface area contributed by atoms with Crippen molar-refractivity contribution in [2.75, 3.05) is 20.8 Å². The van der Waals surface area contributed by atoms with E-state index in [1.807, 2.05) is 6.08 Å². The molecule has 0 heterocycles. The molecule has 3 heteroatoms. The molecule has 0 spiro atoms. The van der Waals surface area contributed by atoms with Crippen LogP contribution >= 0.6 is 0 Å². The SMILES string of the molecule is C=CCC(NCCC)C(OC)OC. The number of nitrogens with one attached hydrogen (secondary N) is 1.